The summed E-state index contributed by atoms with van der Waals surface area (Å²) in [6.45, 7) is 10.8. The van der Waals surface area contributed by atoms with Gasteiger partial charge in [0.2, 0.25) is 5.91 Å². The largest absolute Gasteiger partial charge is 0.507 e. The lowest BCUT2D eigenvalue weighted by atomic mass is 9.72. The summed E-state index contributed by atoms with van der Waals surface area (Å²) in [6.07, 6.45) is 2.85. The molecule has 2 heterocycles. The topological polar surface area (TPSA) is 104 Å². The van der Waals surface area contributed by atoms with Crippen molar-refractivity contribution in [1.29, 1.82) is 5.26 Å². The summed E-state index contributed by atoms with van der Waals surface area (Å²) in [5.41, 5.74) is 5.43. The summed E-state index contributed by atoms with van der Waals surface area (Å²) in [5.74, 6) is 0.991. The van der Waals surface area contributed by atoms with Crippen LogP contribution in [0.25, 0.3) is 17.1 Å². The Kier molecular flexibility index (Phi) is 8.33. The molecule has 0 fully saturated rings. The zero-order valence-electron chi connectivity index (χ0n) is 23.7. The fourth-order valence-electron chi connectivity index (χ4n) is 5.32. The van der Waals surface area contributed by atoms with Gasteiger partial charge in [-0.1, -0.05) is 66.2 Å². The molecule has 10 heteroatoms. The van der Waals surface area contributed by atoms with Gasteiger partial charge in [-0.2, -0.15) is 5.26 Å². The average molecular weight is 651 g/mol. The van der Waals surface area contributed by atoms with Crippen molar-refractivity contribution in [2.45, 2.75) is 59.0 Å². The van der Waals surface area contributed by atoms with Crippen LogP contribution in [0.5, 0.6) is 5.75 Å². The number of carbonyl (C=O) groups excluding carboxylic acids is 1. The molecule has 0 saturated heterocycles. The number of nitrogens with zero attached hydrogens (tertiary/aromatic N) is 4. The number of anilines is 1. The molecule has 212 valence electrons. The maximum Gasteiger partial charge on any atom is 0.235 e. The van der Waals surface area contributed by atoms with Crippen molar-refractivity contribution in [3.8, 4) is 28.9 Å². The third-order valence-electron chi connectivity index (χ3n) is 7.61. The number of phenolic OH excluding ortho intramolecular Hbond substituents is 1. The predicted molar refractivity (Wildman–Crippen MR) is 169 cm³/mol. The summed E-state index contributed by atoms with van der Waals surface area (Å²) >= 11 is 6.28. The predicted octanol–water partition coefficient (Wildman–Crippen LogP) is 7.83. The Labute approximate surface area is 257 Å². The number of rotatable bonds is 6. The molecule has 7 nitrogen and oxygen atoms in total. The van der Waals surface area contributed by atoms with E-state index in [1.54, 1.807) is 18.2 Å². The van der Waals surface area contributed by atoms with E-state index >= 15 is 0 Å². The fourth-order valence-corrected chi connectivity index (χ4v) is 7.72. The van der Waals surface area contributed by atoms with Crippen LogP contribution in [0.15, 0.2) is 46.0 Å². The maximum atomic E-state index is 13.2. The first-order chi connectivity index (χ1) is 19.5. The van der Waals surface area contributed by atoms with E-state index in [-0.39, 0.29) is 22.8 Å². The minimum atomic E-state index is -0.209. The monoisotopic (exact) mass is 649 g/mol. The summed E-state index contributed by atoms with van der Waals surface area (Å²) < 4.78 is 2.68. The Balaban J connectivity index is 1.41. The number of thioether (sulfide) groups is 1. The second-order valence-electron chi connectivity index (χ2n) is 11.6. The molecule has 0 radical (unpaired) electrons. The van der Waals surface area contributed by atoms with Crippen molar-refractivity contribution in [3.05, 3.63) is 68.0 Å². The number of halogens is 1. The highest BCUT2D eigenvalue weighted by Crippen LogP contribution is 2.44. The van der Waals surface area contributed by atoms with Gasteiger partial charge in [-0.25, -0.2) is 0 Å². The molecular formula is C31H32BrN5O2S2. The molecule has 0 unspecified atom stereocenters. The van der Waals surface area contributed by atoms with Crippen LogP contribution in [0.2, 0.25) is 0 Å². The first kappa shape index (κ1) is 29.4. The molecule has 0 aliphatic heterocycles. The van der Waals surface area contributed by atoms with Crippen molar-refractivity contribution in [1.82, 2.24) is 14.8 Å². The van der Waals surface area contributed by atoms with Crippen molar-refractivity contribution in [3.63, 3.8) is 0 Å². The maximum absolute atomic E-state index is 13.2. The zero-order valence-corrected chi connectivity index (χ0v) is 26.9. The van der Waals surface area contributed by atoms with Crippen molar-refractivity contribution in [2.24, 2.45) is 11.3 Å². The number of aromatic nitrogens is 3. The van der Waals surface area contributed by atoms with Gasteiger partial charge in [-0.05, 0) is 79.8 Å². The molecule has 41 heavy (non-hydrogen) atoms. The Hall–Kier alpha value is -3.13. The molecule has 2 aromatic heterocycles. The minimum Gasteiger partial charge on any atom is -0.507 e. The van der Waals surface area contributed by atoms with Crippen molar-refractivity contribution in [2.75, 3.05) is 11.1 Å². The van der Waals surface area contributed by atoms with Crippen molar-refractivity contribution < 1.29 is 9.90 Å². The van der Waals surface area contributed by atoms with E-state index in [4.69, 9.17) is 0 Å². The van der Waals surface area contributed by atoms with E-state index < -0.39 is 0 Å². The second kappa shape index (κ2) is 11.6. The number of amides is 1. The third-order valence-corrected chi connectivity index (χ3v) is 10.2. The van der Waals surface area contributed by atoms with Crippen LogP contribution in [0.4, 0.5) is 5.00 Å². The Morgan fingerprint density at radius 3 is 2.73 bits per heavy atom. The van der Waals surface area contributed by atoms with Crippen LogP contribution < -0.4 is 5.32 Å². The number of carbonyl (C=O) groups is 1. The van der Waals surface area contributed by atoms with E-state index in [2.05, 4.69) is 64.4 Å². The summed E-state index contributed by atoms with van der Waals surface area (Å²) in [7, 11) is 0. The van der Waals surface area contributed by atoms with E-state index in [0.717, 1.165) is 46.1 Å². The summed E-state index contributed by atoms with van der Waals surface area (Å²) in [5, 5.41) is 33.6. The lowest BCUT2D eigenvalue weighted by molar-refractivity contribution is -0.113. The molecule has 1 aliphatic carbocycles. The van der Waals surface area contributed by atoms with Crippen molar-refractivity contribution >= 4 is 49.9 Å². The lowest BCUT2D eigenvalue weighted by Gasteiger charge is -2.33. The molecule has 4 aromatic rings. The normalized spacial score (nSPS) is 14.9. The number of phenols is 1. The first-order valence-electron chi connectivity index (χ1n) is 13.5. The van der Waals surface area contributed by atoms with Gasteiger partial charge in [0.15, 0.2) is 11.0 Å². The zero-order chi connectivity index (χ0) is 29.5. The molecule has 1 atom stereocenters. The molecule has 2 aromatic carbocycles. The number of thiophene rings is 1. The van der Waals surface area contributed by atoms with Crippen LogP contribution in [0, 0.1) is 36.5 Å². The van der Waals surface area contributed by atoms with E-state index in [9.17, 15) is 15.2 Å². The van der Waals surface area contributed by atoms with Crippen LogP contribution in [0.3, 0.4) is 0 Å². The van der Waals surface area contributed by atoms with E-state index in [1.807, 2.05) is 30.5 Å². The van der Waals surface area contributed by atoms with Gasteiger partial charge < -0.3 is 10.4 Å². The number of aromatic hydroxyl groups is 1. The smallest absolute Gasteiger partial charge is 0.235 e. The number of nitriles is 1. The van der Waals surface area contributed by atoms with Gasteiger partial charge in [0, 0.05) is 9.35 Å². The standard InChI is InChI=1S/C31H32BrN5O2S2/c1-17-6-10-24(18(2)12-17)37-28(22-14-20(32)8-11-25(22)38)35-36-30(37)40-16-27(39)34-29-23(15-33)21-9-7-19(31(3,4)5)13-26(21)41-29/h6,8,10-12,14,19,38H,7,9,13,16H2,1-5H3,(H,34,39)/t19-/m1/s1. The van der Waals surface area contributed by atoms with Gasteiger partial charge in [-0.3, -0.25) is 9.36 Å². The lowest BCUT2D eigenvalue weighted by Crippen LogP contribution is -2.26. The molecule has 2 N–H and O–H groups in total. The van der Waals surface area contributed by atoms with Gasteiger partial charge in [0.25, 0.3) is 0 Å². The van der Waals surface area contributed by atoms with Gasteiger partial charge in [0.05, 0.1) is 22.6 Å². The first-order valence-corrected chi connectivity index (χ1v) is 16.0. The summed E-state index contributed by atoms with van der Waals surface area (Å²) in [4.78, 5) is 14.4. The number of aryl methyl sites for hydroxylation is 2. The average Bonchev–Trinajstić information content (AvgIpc) is 3.48. The highest BCUT2D eigenvalue weighted by molar-refractivity contribution is 9.10. The van der Waals surface area contributed by atoms with E-state index in [1.165, 1.54) is 28.0 Å². The number of hydrogen-bond donors (Lipinski definition) is 2. The third kappa shape index (κ3) is 6.08. The van der Waals surface area contributed by atoms with E-state index in [0.29, 0.717) is 33.0 Å². The molecule has 0 saturated carbocycles. The number of fused-ring (bicyclic) bond motifs is 1. The van der Waals surface area contributed by atoms with Crippen LogP contribution in [-0.4, -0.2) is 31.5 Å². The summed E-state index contributed by atoms with van der Waals surface area (Å²) in [6, 6.07) is 13.6. The number of benzene rings is 2. The molecule has 1 aliphatic rings. The Morgan fingerprint density at radius 2 is 2.02 bits per heavy atom. The van der Waals surface area contributed by atoms with Crippen LogP contribution in [-0.2, 0) is 17.6 Å². The number of hydrogen-bond acceptors (Lipinski definition) is 7. The molecule has 0 bridgehead atoms. The fraction of sp³-hybridized carbons (Fsp3) is 0.355. The van der Waals surface area contributed by atoms with Gasteiger partial charge >= 0.3 is 0 Å². The molecule has 0 spiro atoms. The highest BCUT2D eigenvalue weighted by atomic mass is 79.9. The Morgan fingerprint density at radius 1 is 1.24 bits per heavy atom. The molecular weight excluding hydrogens is 618 g/mol. The van der Waals surface area contributed by atoms with Crippen LogP contribution >= 0.6 is 39.0 Å². The highest BCUT2D eigenvalue weighted by Gasteiger charge is 2.32. The van der Waals surface area contributed by atoms with Gasteiger partial charge in [-0.15, -0.1) is 21.5 Å². The quantitative estimate of drug-likeness (QED) is 0.206. The SMILES string of the molecule is Cc1ccc(-n2c(SCC(=O)Nc3sc4c(c3C#N)CC[C@@H](C(C)(C)C)C4)nnc2-c2cc(Br)ccc2O)c(C)c1. The molecule has 5 rings (SSSR count). The minimum absolute atomic E-state index is 0.0836. The Bertz CT molecular complexity index is 1680. The van der Waals surface area contributed by atoms with Gasteiger partial charge in [0.1, 0.15) is 16.8 Å². The molecule has 1 amide bonds. The number of nitrogens with one attached hydrogen (secondary N) is 1. The van der Waals surface area contributed by atoms with Crippen LogP contribution in [0.1, 0.15) is 54.3 Å². The second-order valence-corrected chi connectivity index (χ2v) is 14.5.